The fourth-order valence-electron chi connectivity index (χ4n) is 3.93. The first-order valence-corrected chi connectivity index (χ1v) is 12.6. The molecule has 2 aromatic rings. The number of ether oxygens (including phenoxy) is 2. The van der Waals surface area contributed by atoms with Crippen LogP contribution in [0.4, 0.5) is 24.5 Å². The predicted octanol–water partition coefficient (Wildman–Crippen LogP) is 4.81. The van der Waals surface area contributed by atoms with E-state index in [0.29, 0.717) is 12.8 Å². The Hall–Kier alpha value is -2.99. The van der Waals surface area contributed by atoms with Crippen molar-refractivity contribution < 1.29 is 41.0 Å². The summed E-state index contributed by atoms with van der Waals surface area (Å²) in [5, 5.41) is 13.2. The van der Waals surface area contributed by atoms with Crippen LogP contribution < -0.4 is 19.5 Å². The molecule has 12 heteroatoms. The Labute approximate surface area is 201 Å². The molecule has 1 fully saturated rings. The second-order valence-electron chi connectivity index (χ2n) is 8.29. The Bertz CT molecular complexity index is 1150. The topological polar surface area (TPSA) is 114 Å². The zero-order valence-corrected chi connectivity index (χ0v) is 19.8. The molecule has 0 aliphatic heterocycles. The van der Waals surface area contributed by atoms with Crippen LogP contribution in [0.15, 0.2) is 47.4 Å². The summed E-state index contributed by atoms with van der Waals surface area (Å²) in [5.41, 5.74) is -0.924. The SMILES string of the molecule is CCOc1cc(NC(=O)CC2(O)CCCCC2)ccc1S(=O)(=O)Nc1cccc(OC(F)(F)F)c1. The average molecular weight is 517 g/mol. The van der Waals surface area contributed by atoms with Gasteiger partial charge in [-0.1, -0.05) is 25.3 Å². The molecule has 0 saturated heterocycles. The molecule has 192 valence electrons. The summed E-state index contributed by atoms with van der Waals surface area (Å²) < 4.78 is 74.8. The first kappa shape index (κ1) is 26.6. The molecule has 3 N–H and O–H groups in total. The molecular weight excluding hydrogens is 489 g/mol. The van der Waals surface area contributed by atoms with Crippen molar-refractivity contribution in [3.05, 3.63) is 42.5 Å². The van der Waals surface area contributed by atoms with Gasteiger partial charge in [0.25, 0.3) is 10.0 Å². The van der Waals surface area contributed by atoms with Gasteiger partial charge < -0.3 is 19.9 Å². The maximum atomic E-state index is 13.0. The van der Waals surface area contributed by atoms with Crippen LogP contribution in [0.3, 0.4) is 0 Å². The molecule has 1 aliphatic carbocycles. The van der Waals surface area contributed by atoms with E-state index in [9.17, 15) is 31.5 Å². The number of halogens is 3. The van der Waals surface area contributed by atoms with Crippen molar-refractivity contribution in [1.29, 1.82) is 0 Å². The summed E-state index contributed by atoms with van der Waals surface area (Å²) in [6, 6.07) is 8.34. The van der Waals surface area contributed by atoms with Gasteiger partial charge in [-0.3, -0.25) is 9.52 Å². The molecule has 0 aromatic heterocycles. The van der Waals surface area contributed by atoms with E-state index in [-0.39, 0.29) is 35.0 Å². The summed E-state index contributed by atoms with van der Waals surface area (Å²) in [6.07, 6.45) is -1.19. The van der Waals surface area contributed by atoms with E-state index in [1.807, 2.05) is 0 Å². The highest BCUT2D eigenvalue weighted by atomic mass is 32.2. The Balaban J connectivity index is 1.77. The maximum absolute atomic E-state index is 13.0. The normalized spacial score (nSPS) is 15.8. The summed E-state index contributed by atoms with van der Waals surface area (Å²) in [6.45, 7) is 1.76. The van der Waals surface area contributed by atoms with Gasteiger partial charge in [0, 0.05) is 17.8 Å². The van der Waals surface area contributed by atoms with Crippen molar-refractivity contribution in [3.63, 3.8) is 0 Å². The van der Waals surface area contributed by atoms with Gasteiger partial charge in [0.05, 0.1) is 24.3 Å². The fraction of sp³-hybridized carbons (Fsp3) is 0.435. The van der Waals surface area contributed by atoms with Crippen LogP contribution in [0.2, 0.25) is 0 Å². The third kappa shape index (κ3) is 7.76. The minimum Gasteiger partial charge on any atom is -0.492 e. The number of anilines is 2. The van der Waals surface area contributed by atoms with Crippen molar-refractivity contribution in [2.45, 2.75) is 62.3 Å². The van der Waals surface area contributed by atoms with Crippen molar-refractivity contribution in [1.82, 2.24) is 0 Å². The van der Waals surface area contributed by atoms with E-state index in [1.54, 1.807) is 6.92 Å². The smallest absolute Gasteiger partial charge is 0.492 e. The van der Waals surface area contributed by atoms with Crippen LogP contribution in [-0.2, 0) is 14.8 Å². The van der Waals surface area contributed by atoms with Crippen LogP contribution in [0.1, 0.15) is 45.4 Å². The Morgan fingerprint density at radius 2 is 1.80 bits per heavy atom. The predicted molar refractivity (Wildman–Crippen MR) is 123 cm³/mol. The standard InChI is InChI=1S/C23H27F3N2O6S/c1-2-33-19-14-16(27-21(29)15-22(30)11-4-3-5-12-22)9-10-20(19)35(31,32)28-17-7-6-8-18(13-17)34-23(24,25)26/h6-10,13-14,28,30H,2-5,11-12,15H2,1H3,(H,27,29). The second-order valence-corrected chi connectivity index (χ2v) is 9.94. The summed E-state index contributed by atoms with van der Waals surface area (Å²) in [4.78, 5) is 12.2. The molecule has 0 radical (unpaired) electrons. The number of rotatable bonds is 9. The van der Waals surface area contributed by atoms with E-state index in [1.165, 1.54) is 30.3 Å². The van der Waals surface area contributed by atoms with E-state index in [2.05, 4.69) is 14.8 Å². The third-order valence-electron chi connectivity index (χ3n) is 5.41. The zero-order chi connectivity index (χ0) is 25.7. The van der Waals surface area contributed by atoms with Crippen molar-refractivity contribution in [2.24, 2.45) is 0 Å². The van der Waals surface area contributed by atoms with Crippen LogP contribution in [-0.4, -0.2) is 38.0 Å². The maximum Gasteiger partial charge on any atom is 0.573 e. The number of alkyl halides is 3. The quantitative estimate of drug-likeness (QED) is 0.441. The van der Waals surface area contributed by atoms with Gasteiger partial charge in [0.1, 0.15) is 16.4 Å². The molecule has 2 aromatic carbocycles. The third-order valence-corrected chi connectivity index (χ3v) is 6.83. The lowest BCUT2D eigenvalue weighted by Gasteiger charge is -2.31. The van der Waals surface area contributed by atoms with Crippen LogP contribution in [0.25, 0.3) is 0 Å². The van der Waals surface area contributed by atoms with Crippen LogP contribution in [0.5, 0.6) is 11.5 Å². The monoisotopic (exact) mass is 516 g/mol. The number of carbonyl (C=O) groups excluding carboxylic acids is 1. The highest BCUT2D eigenvalue weighted by Gasteiger charge is 2.32. The molecule has 3 rings (SSSR count). The van der Waals surface area contributed by atoms with Gasteiger partial charge >= 0.3 is 6.36 Å². The van der Waals surface area contributed by atoms with E-state index < -0.39 is 33.6 Å². The number of aliphatic hydroxyl groups is 1. The highest BCUT2D eigenvalue weighted by molar-refractivity contribution is 7.92. The second kappa shape index (κ2) is 10.7. The number of nitrogens with one attached hydrogen (secondary N) is 2. The minimum atomic E-state index is -4.92. The number of hydrogen-bond donors (Lipinski definition) is 3. The van der Waals surface area contributed by atoms with Crippen LogP contribution in [0, 0.1) is 0 Å². The number of benzene rings is 2. The molecule has 0 heterocycles. The van der Waals surface area contributed by atoms with Crippen molar-refractivity contribution in [2.75, 3.05) is 16.6 Å². The highest BCUT2D eigenvalue weighted by Crippen LogP contribution is 2.33. The fourth-order valence-corrected chi connectivity index (χ4v) is 5.11. The summed E-state index contributed by atoms with van der Waals surface area (Å²) in [7, 11) is -4.27. The first-order chi connectivity index (χ1) is 16.4. The summed E-state index contributed by atoms with van der Waals surface area (Å²) >= 11 is 0. The number of amides is 1. The molecule has 35 heavy (non-hydrogen) atoms. The van der Waals surface area contributed by atoms with Gasteiger partial charge in [-0.15, -0.1) is 13.2 Å². The Kier molecular flexibility index (Phi) is 8.16. The molecular formula is C23H27F3N2O6S. The minimum absolute atomic E-state index is 0.0584. The van der Waals surface area contributed by atoms with Gasteiger partial charge in [0.2, 0.25) is 5.91 Å². The zero-order valence-electron chi connectivity index (χ0n) is 19.0. The van der Waals surface area contributed by atoms with E-state index in [0.717, 1.165) is 31.4 Å². The molecule has 0 bridgehead atoms. The lowest BCUT2D eigenvalue weighted by atomic mass is 9.82. The molecule has 0 unspecified atom stereocenters. The largest absolute Gasteiger partial charge is 0.573 e. The number of sulfonamides is 1. The van der Waals surface area contributed by atoms with Gasteiger partial charge in [-0.25, -0.2) is 8.42 Å². The lowest BCUT2D eigenvalue weighted by molar-refractivity contribution is -0.274. The average Bonchev–Trinajstić information content (AvgIpc) is 2.72. The summed E-state index contributed by atoms with van der Waals surface area (Å²) in [5.74, 6) is -1.05. The molecule has 0 spiro atoms. The Morgan fingerprint density at radius 3 is 2.46 bits per heavy atom. The van der Waals surface area contributed by atoms with Gasteiger partial charge in [-0.05, 0) is 44.0 Å². The van der Waals surface area contributed by atoms with E-state index in [4.69, 9.17) is 4.74 Å². The van der Waals surface area contributed by atoms with Gasteiger partial charge in [0.15, 0.2) is 0 Å². The van der Waals surface area contributed by atoms with Crippen LogP contribution >= 0.6 is 0 Å². The van der Waals surface area contributed by atoms with Crippen molar-refractivity contribution in [3.8, 4) is 11.5 Å². The first-order valence-electron chi connectivity index (χ1n) is 11.1. The molecule has 1 amide bonds. The molecule has 8 nitrogen and oxygen atoms in total. The number of carbonyl (C=O) groups is 1. The molecule has 0 atom stereocenters. The lowest BCUT2D eigenvalue weighted by Crippen LogP contribution is -2.35. The van der Waals surface area contributed by atoms with Gasteiger partial charge in [-0.2, -0.15) is 0 Å². The van der Waals surface area contributed by atoms with E-state index >= 15 is 0 Å². The molecule has 1 saturated carbocycles. The molecule has 1 aliphatic rings. The number of hydrogen-bond acceptors (Lipinski definition) is 6. The Morgan fingerprint density at radius 1 is 1.09 bits per heavy atom. The van der Waals surface area contributed by atoms with Crippen molar-refractivity contribution >= 4 is 27.3 Å².